The van der Waals surface area contributed by atoms with Crippen molar-refractivity contribution < 1.29 is 13.2 Å². The highest BCUT2D eigenvalue weighted by Crippen LogP contribution is 2.27. The summed E-state index contributed by atoms with van der Waals surface area (Å²) in [7, 11) is -3.72. The van der Waals surface area contributed by atoms with Crippen molar-refractivity contribution in [3.05, 3.63) is 48.3 Å². The first-order valence-electron chi connectivity index (χ1n) is 7.69. The minimum atomic E-state index is -3.72. The fraction of sp³-hybridized carbons (Fsp3) is 0.353. The maximum absolute atomic E-state index is 12.6. The highest BCUT2D eigenvalue weighted by molar-refractivity contribution is 7.92. The highest BCUT2D eigenvalue weighted by Gasteiger charge is 2.20. The molecule has 1 N–H and O–H groups in total. The lowest BCUT2D eigenvalue weighted by atomic mass is 10.2. The first kappa shape index (κ1) is 17.3. The zero-order valence-electron chi connectivity index (χ0n) is 13.5. The van der Waals surface area contributed by atoms with Crippen LogP contribution >= 0.6 is 0 Å². The van der Waals surface area contributed by atoms with Crippen LogP contribution in [0.15, 0.2) is 47.6 Å². The molecule has 0 aliphatic rings. The van der Waals surface area contributed by atoms with Crippen LogP contribution in [0.4, 0.5) is 5.69 Å². The molecule has 0 saturated carbocycles. The average molecular weight is 334 g/mol. The van der Waals surface area contributed by atoms with Crippen LogP contribution in [-0.2, 0) is 10.0 Å². The van der Waals surface area contributed by atoms with E-state index >= 15 is 0 Å². The van der Waals surface area contributed by atoms with Gasteiger partial charge in [0.15, 0.2) is 0 Å². The maximum atomic E-state index is 12.6. The van der Waals surface area contributed by atoms with Crippen molar-refractivity contribution in [1.29, 1.82) is 0 Å². The Morgan fingerprint density at radius 3 is 2.74 bits per heavy atom. The van der Waals surface area contributed by atoms with Crippen LogP contribution < -0.4 is 9.46 Å². The monoisotopic (exact) mass is 334 g/mol. The summed E-state index contributed by atoms with van der Waals surface area (Å²) in [4.78, 5) is 4.05. The molecule has 0 fully saturated rings. The highest BCUT2D eigenvalue weighted by atomic mass is 32.2. The fourth-order valence-corrected chi connectivity index (χ4v) is 3.29. The second-order valence-corrected chi connectivity index (χ2v) is 7.00. The molecule has 0 radical (unpaired) electrons. The van der Waals surface area contributed by atoms with Gasteiger partial charge >= 0.3 is 0 Å². The second-order valence-electron chi connectivity index (χ2n) is 5.35. The number of hydrogen-bond donors (Lipinski definition) is 1. The molecule has 23 heavy (non-hydrogen) atoms. The third-order valence-electron chi connectivity index (χ3n) is 3.31. The summed E-state index contributed by atoms with van der Waals surface area (Å²) in [6.07, 6.45) is 6.10. The lowest BCUT2D eigenvalue weighted by molar-refractivity contribution is 0.298. The summed E-state index contributed by atoms with van der Waals surface area (Å²) in [6.45, 7) is 4.52. The van der Waals surface area contributed by atoms with Gasteiger partial charge in [-0.15, -0.1) is 0 Å². The molecule has 0 saturated heterocycles. The molecular weight excluding hydrogens is 312 g/mol. The second kappa shape index (κ2) is 7.97. The smallest absolute Gasteiger partial charge is 0.265 e. The number of aryl methyl sites for hydroxylation is 1. The van der Waals surface area contributed by atoms with E-state index in [9.17, 15) is 8.42 Å². The molecule has 5 nitrogen and oxygen atoms in total. The summed E-state index contributed by atoms with van der Waals surface area (Å²) in [5.74, 6) is 0.387. The maximum Gasteiger partial charge on any atom is 0.265 e. The molecule has 0 unspecified atom stereocenters. The fourth-order valence-electron chi connectivity index (χ4n) is 2.12. The molecule has 2 aromatic rings. The van der Waals surface area contributed by atoms with E-state index < -0.39 is 10.0 Å². The van der Waals surface area contributed by atoms with Gasteiger partial charge in [-0.05, 0) is 43.2 Å². The molecule has 124 valence electrons. The van der Waals surface area contributed by atoms with Crippen molar-refractivity contribution in [3.63, 3.8) is 0 Å². The molecule has 0 bridgehead atoms. The summed E-state index contributed by atoms with van der Waals surface area (Å²) in [6, 6.07) is 8.42. The van der Waals surface area contributed by atoms with Crippen molar-refractivity contribution in [1.82, 2.24) is 4.98 Å². The normalized spacial score (nSPS) is 11.2. The van der Waals surface area contributed by atoms with Crippen LogP contribution in [-0.4, -0.2) is 20.0 Å². The van der Waals surface area contributed by atoms with Crippen LogP contribution in [0.3, 0.4) is 0 Å². The van der Waals surface area contributed by atoms with Gasteiger partial charge in [0.25, 0.3) is 10.0 Å². The lowest BCUT2D eigenvalue weighted by Gasteiger charge is -2.14. The van der Waals surface area contributed by atoms with Gasteiger partial charge in [-0.3, -0.25) is 9.71 Å². The van der Waals surface area contributed by atoms with E-state index in [-0.39, 0.29) is 4.90 Å². The number of aromatic nitrogens is 1. The van der Waals surface area contributed by atoms with Crippen molar-refractivity contribution in [2.75, 3.05) is 11.3 Å². The van der Waals surface area contributed by atoms with E-state index in [0.717, 1.165) is 24.8 Å². The predicted molar refractivity (Wildman–Crippen MR) is 91.2 cm³/mol. The predicted octanol–water partition coefficient (Wildman–Crippen LogP) is 3.76. The number of anilines is 1. The van der Waals surface area contributed by atoms with Gasteiger partial charge in [-0.2, -0.15) is 0 Å². The van der Waals surface area contributed by atoms with E-state index in [1.165, 1.54) is 6.20 Å². The van der Waals surface area contributed by atoms with Gasteiger partial charge in [0.1, 0.15) is 10.6 Å². The van der Waals surface area contributed by atoms with E-state index in [2.05, 4.69) is 16.6 Å². The molecular formula is C17H22N2O3S. The molecule has 0 amide bonds. The third-order valence-corrected chi connectivity index (χ3v) is 4.73. The minimum Gasteiger partial charge on any atom is -0.492 e. The zero-order valence-corrected chi connectivity index (χ0v) is 14.3. The molecule has 0 aliphatic carbocycles. The molecule has 1 heterocycles. The van der Waals surface area contributed by atoms with Crippen LogP contribution in [0.25, 0.3) is 0 Å². The van der Waals surface area contributed by atoms with Gasteiger partial charge in [-0.1, -0.05) is 25.8 Å². The SMILES string of the molecule is CCCCCOc1cc(C)ccc1S(=O)(=O)Nc1cccnc1. The largest absolute Gasteiger partial charge is 0.492 e. The van der Waals surface area contributed by atoms with Crippen LogP contribution in [0.1, 0.15) is 31.7 Å². The van der Waals surface area contributed by atoms with Crippen molar-refractivity contribution in [3.8, 4) is 5.75 Å². The Balaban J connectivity index is 2.23. The standard InChI is InChI=1S/C17H22N2O3S/c1-3-4-5-11-22-16-12-14(2)8-9-17(16)23(20,21)19-15-7-6-10-18-13-15/h6-10,12-13,19H,3-5,11H2,1-2H3. The quantitative estimate of drug-likeness (QED) is 0.746. The van der Waals surface area contributed by atoms with E-state index in [1.807, 2.05) is 6.92 Å². The summed E-state index contributed by atoms with van der Waals surface area (Å²) < 4.78 is 33.4. The van der Waals surface area contributed by atoms with Crippen molar-refractivity contribution in [2.45, 2.75) is 38.0 Å². The van der Waals surface area contributed by atoms with E-state index in [4.69, 9.17) is 4.74 Å². The molecule has 1 aromatic carbocycles. The van der Waals surface area contributed by atoms with Gasteiger partial charge in [0.2, 0.25) is 0 Å². The topological polar surface area (TPSA) is 68.3 Å². The van der Waals surface area contributed by atoms with Gasteiger partial charge in [0.05, 0.1) is 18.5 Å². The number of benzene rings is 1. The van der Waals surface area contributed by atoms with Gasteiger partial charge in [0, 0.05) is 6.20 Å². The molecule has 0 aliphatic heterocycles. The number of nitrogens with zero attached hydrogens (tertiary/aromatic N) is 1. The Kier molecular flexibility index (Phi) is 5.98. The van der Waals surface area contributed by atoms with Crippen molar-refractivity contribution in [2.24, 2.45) is 0 Å². The van der Waals surface area contributed by atoms with Gasteiger partial charge < -0.3 is 4.74 Å². The zero-order chi connectivity index (χ0) is 16.7. The number of nitrogens with one attached hydrogen (secondary N) is 1. The summed E-state index contributed by atoms with van der Waals surface area (Å²) >= 11 is 0. The number of ether oxygens (including phenoxy) is 1. The average Bonchev–Trinajstić information content (AvgIpc) is 2.52. The Bertz CT molecular complexity index is 731. The minimum absolute atomic E-state index is 0.142. The molecule has 6 heteroatoms. The molecule has 1 aromatic heterocycles. The first-order chi connectivity index (χ1) is 11.0. The number of sulfonamides is 1. The molecule has 0 atom stereocenters. The van der Waals surface area contributed by atoms with E-state index in [1.54, 1.807) is 36.5 Å². The van der Waals surface area contributed by atoms with Crippen molar-refractivity contribution >= 4 is 15.7 Å². The summed E-state index contributed by atoms with van der Waals surface area (Å²) in [5.41, 5.74) is 1.38. The first-order valence-corrected chi connectivity index (χ1v) is 9.17. The Morgan fingerprint density at radius 1 is 1.22 bits per heavy atom. The van der Waals surface area contributed by atoms with E-state index in [0.29, 0.717) is 18.0 Å². The van der Waals surface area contributed by atoms with Gasteiger partial charge in [-0.25, -0.2) is 8.42 Å². The number of unbranched alkanes of at least 4 members (excludes halogenated alkanes) is 2. The Hall–Kier alpha value is -2.08. The van der Waals surface area contributed by atoms with Crippen LogP contribution in [0, 0.1) is 6.92 Å². The summed E-state index contributed by atoms with van der Waals surface area (Å²) in [5, 5.41) is 0. The number of pyridine rings is 1. The lowest BCUT2D eigenvalue weighted by Crippen LogP contribution is -2.15. The Morgan fingerprint density at radius 2 is 2.04 bits per heavy atom. The molecule has 0 spiro atoms. The van der Waals surface area contributed by atoms with Crippen LogP contribution in [0.5, 0.6) is 5.75 Å². The number of hydrogen-bond acceptors (Lipinski definition) is 4. The molecule has 2 rings (SSSR count). The van der Waals surface area contributed by atoms with Crippen LogP contribution in [0.2, 0.25) is 0 Å². The Labute approximate surface area is 137 Å². The number of rotatable bonds is 8. The third kappa shape index (κ3) is 4.96.